The maximum absolute atomic E-state index is 13.9. The molecule has 20 heavy (non-hydrogen) atoms. The quantitative estimate of drug-likeness (QED) is 0.677. The summed E-state index contributed by atoms with van der Waals surface area (Å²) in [6.45, 7) is 1.81. The average molecular weight is 310 g/mol. The summed E-state index contributed by atoms with van der Waals surface area (Å²) in [5, 5.41) is 8.52. The van der Waals surface area contributed by atoms with E-state index in [0.29, 0.717) is 22.7 Å². The standard InChI is InChI=1S/C13H11FN2O2S2/c1-8-15-13(20-16-8)19-7-10-4-2-9(6-11(10)14)3-5-12(17)18/h2-6H,7H2,1H3,(H,17,18)/b5-3+. The number of carbonyl (C=O) groups is 1. The normalized spacial score (nSPS) is 11.1. The van der Waals surface area contributed by atoms with Crippen LogP contribution in [-0.4, -0.2) is 20.4 Å². The predicted molar refractivity (Wildman–Crippen MR) is 77.3 cm³/mol. The molecule has 1 aromatic heterocycles. The van der Waals surface area contributed by atoms with Crippen LogP contribution in [0.15, 0.2) is 28.6 Å². The Hall–Kier alpha value is -1.73. The van der Waals surface area contributed by atoms with E-state index in [1.807, 2.05) is 6.92 Å². The van der Waals surface area contributed by atoms with Gasteiger partial charge in [-0.1, -0.05) is 23.9 Å². The Bertz CT molecular complexity index is 656. The van der Waals surface area contributed by atoms with Crippen molar-refractivity contribution in [1.29, 1.82) is 0 Å². The highest BCUT2D eigenvalue weighted by Crippen LogP contribution is 2.25. The summed E-state index contributed by atoms with van der Waals surface area (Å²) in [6.07, 6.45) is 2.34. The molecule has 0 aliphatic rings. The van der Waals surface area contributed by atoms with E-state index in [0.717, 1.165) is 10.4 Å². The van der Waals surface area contributed by atoms with Crippen LogP contribution in [0.5, 0.6) is 0 Å². The number of nitrogens with zero attached hydrogens (tertiary/aromatic N) is 2. The predicted octanol–water partition coefficient (Wildman–Crippen LogP) is 3.38. The lowest BCUT2D eigenvalue weighted by molar-refractivity contribution is -0.131. The fourth-order valence-corrected chi connectivity index (χ4v) is 3.06. The van der Waals surface area contributed by atoms with Crippen LogP contribution in [0.2, 0.25) is 0 Å². The van der Waals surface area contributed by atoms with Gasteiger partial charge in [-0.05, 0) is 41.7 Å². The second-order valence-electron chi connectivity index (χ2n) is 3.92. The van der Waals surface area contributed by atoms with Crippen molar-refractivity contribution in [2.75, 3.05) is 0 Å². The summed E-state index contributed by atoms with van der Waals surface area (Å²) in [5.41, 5.74) is 1.07. The van der Waals surface area contributed by atoms with Crippen LogP contribution in [0.4, 0.5) is 4.39 Å². The third kappa shape index (κ3) is 4.14. The van der Waals surface area contributed by atoms with E-state index in [4.69, 9.17) is 5.11 Å². The van der Waals surface area contributed by atoms with Crippen molar-refractivity contribution in [3.8, 4) is 0 Å². The molecule has 7 heteroatoms. The van der Waals surface area contributed by atoms with Crippen LogP contribution in [0.25, 0.3) is 6.08 Å². The maximum Gasteiger partial charge on any atom is 0.328 e. The van der Waals surface area contributed by atoms with Crippen molar-refractivity contribution >= 4 is 35.3 Å². The van der Waals surface area contributed by atoms with Gasteiger partial charge in [0.25, 0.3) is 0 Å². The van der Waals surface area contributed by atoms with Crippen LogP contribution < -0.4 is 0 Å². The molecule has 0 saturated heterocycles. The molecule has 0 saturated carbocycles. The summed E-state index contributed by atoms with van der Waals surface area (Å²) in [6, 6.07) is 4.65. The van der Waals surface area contributed by atoms with Gasteiger partial charge in [0.2, 0.25) is 0 Å². The molecule has 0 radical (unpaired) electrons. The molecule has 4 nitrogen and oxygen atoms in total. The molecular formula is C13H11FN2O2S2. The molecule has 0 atom stereocenters. The zero-order valence-corrected chi connectivity index (χ0v) is 12.2. The first kappa shape index (κ1) is 14.7. The summed E-state index contributed by atoms with van der Waals surface area (Å²) in [4.78, 5) is 14.6. The van der Waals surface area contributed by atoms with E-state index >= 15 is 0 Å². The molecule has 0 amide bonds. The lowest BCUT2D eigenvalue weighted by Gasteiger charge is -2.02. The number of aliphatic carboxylic acids is 1. The van der Waals surface area contributed by atoms with Crippen molar-refractivity contribution in [2.45, 2.75) is 17.0 Å². The number of thioether (sulfide) groups is 1. The number of benzene rings is 1. The lowest BCUT2D eigenvalue weighted by Crippen LogP contribution is -1.90. The van der Waals surface area contributed by atoms with Gasteiger partial charge in [-0.25, -0.2) is 14.2 Å². The second-order valence-corrected chi connectivity index (χ2v) is 5.89. The third-order valence-electron chi connectivity index (χ3n) is 2.36. The number of carboxylic acid groups (broad SMARTS) is 1. The van der Waals surface area contributed by atoms with E-state index in [1.165, 1.54) is 35.4 Å². The van der Waals surface area contributed by atoms with Crippen LogP contribution in [0.1, 0.15) is 17.0 Å². The fraction of sp³-hybridized carbons (Fsp3) is 0.154. The monoisotopic (exact) mass is 310 g/mol. The number of hydrogen-bond acceptors (Lipinski definition) is 5. The zero-order chi connectivity index (χ0) is 14.5. The Kier molecular flexibility index (Phi) is 4.86. The zero-order valence-electron chi connectivity index (χ0n) is 10.5. The Labute approximate surface area is 123 Å². The van der Waals surface area contributed by atoms with Gasteiger partial charge in [0.05, 0.1) is 0 Å². The van der Waals surface area contributed by atoms with Crippen molar-refractivity contribution in [3.63, 3.8) is 0 Å². The minimum atomic E-state index is -1.06. The van der Waals surface area contributed by atoms with Gasteiger partial charge in [0, 0.05) is 11.8 Å². The van der Waals surface area contributed by atoms with Gasteiger partial charge >= 0.3 is 5.97 Å². The molecule has 0 unspecified atom stereocenters. The molecule has 2 rings (SSSR count). The molecule has 0 aliphatic carbocycles. The van der Waals surface area contributed by atoms with E-state index in [2.05, 4.69) is 9.36 Å². The molecule has 1 N–H and O–H groups in total. The average Bonchev–Trinajstić information content (AvgIpc) is 2.81. The van der Waals surface area contributed by atoms with Gasteiger partial charge in [-0.15, -0.1) is 0 Å². The first-order valence-corrected chi connectivity index (χ1v) is 7.43. The lowest BCUT2D eigenvalue weighted by atomic mass is 10.1. The highest BCUT2D eigenvalue weighted by atomic mass is 32.2. The summed E-state index contributed by atoms with van der Waals surface area (Å²) in [5.74, 6) is -0.237. The van der Waals surface area contributed by atoms with Gasteiger partial charge < -0.3 is 5.11 Å². The molecular weight excluding hydrogens is 299 g/mol. The van der Waals surface area contributed by atoms with E-state index in [1.54, 1.807) is 12.1 Å². The first-order chi connectivity index (χ1) is 9.54. The number of aryl methyl sites for hydroxylation is 1. The fourth-order valence-electron chi connectivity index (χ4n) is 1.43. The molecule has 0 fully saturated rings. The minimum Gasteiger partial charge on any atom is -0.478 e. The number of rotatable bonds is 5. The maximum atomic E-state index is 13.9. The Balaban J connectivity index is 2.04. The second kappa shape index (κ2) is 6.62. The SMILES string of the molecule is Cc1nsc(SCc2ccc(/C=C/C(=O)O)cc2F)n1. The highest BCUT2D eigenvalue weighted by Gasteiger charge is 2.06. The van der Waals surface area contributed by atoms with E-state index in [9.17, 15) is 9.18 Å². The van der Waals surface area contributed by atoms with Crippen molar-refractivity contribution in [1.82, 2.24) is 9.36 Å². The topological polar surface area (TPSA) is 63.1 Å². The summed E-state index contributed by atoms with van der Waals surface area (Å²) in [7, 11) is 0. The largest absolute Gasteiger partial charge is 0.478 e. The van der Waals surface area contributed by atoms with Gasteiger partial charge in [0.15, 0.2) is 4.34 Å². The Morgan fingerprint density at radius 1 is 1.55 bits per heavy atom. The Morgan fingerprint density at radius 2 is 2.35 bits per heavy atom. The van der Waals surface area contributed by atoms with Crippen LogP contribution in [-0.2, 0) is 10.5 Å². The highest BCUT2D eigenvalue weighted by molar-refractivity contribution is 8.00. The molecule has 0 spiro atoms. The smallest absolute Gasteiger partial charge is 0.328 e. The van der Waals surface area contributed by atoms with Gasteiger partial charge in [-0.2, -0.15) is 4.37 Å². The van der Waals surface area contributed by atoms with Crippen molar-refractivity contribution in [2.24, 2.45) is 0 Å². The molecule has 1 aromatic carbocycles. The molecule has 2 aromatic rings. The Morgan fingerprint density at radius 3 is 2.95 bits per heavy atom. The molecule has 1 heterocycles. The van der Waals surface area contributed by atoms with E-state index < -0.39 is 5.97 Å². The summed E-state index contributed by atoms with van der Waals surface area (Å²) < 4.78 is 18.7. The molecule has 0 aliphatic heterocycles. The minimum absolute atomic E-state index is 0.355. The molecule has 0 bridgehead atoms. The number of aromatic nitrogens is 2. The van der Waals surface area contributed by atoms with E-state index in [-0.39, 0.29) is 5.82 Å². The summed E-state index contributed by atoms with van der Waals surface area (Å²) >= 11 is 2.72. The van der Waals surface area contributed by atoms with Crippen molar-refractivity contribution < 1.29 is 14.3 Å². The van der Waals surface area contributed by atoms with Crippen LogP contribution >= 0.6 is 23.3 Å². The van der Waals surface area contributed by atoms with Crippen LogP contribution in [0.3, 0.4) is 0 Å². The third-order valence-corrected chi connectivity index (χ3v) is 4.33. The number of carboxylic acids is 1. The first-order valence-electron chi connectivity index (χ1n) is 5.67. The van der Waals surface area contributed by atoms with Crippen LogP contribution in [0, 0.1) is 12.7 Å². The number of halogens is 1. The van der Waals surface area contributed by atoms with Gasteiger partial charge in [0.1, 0.15) is 11.6 Å². The number of hydrogen-bond donors (Lipinski definition) is 1. The molecule has 104 valence electrons. The van der Waals surface area contributed by atoms with Crippen molar-refractivity contribution in [3.05, 3.63) is 47.0 Å². The van der Waals surface area contributed by atoms with Gasteiger partial charge in [-0.3, -0.25) is 0 Å².